The van der Waals surface area contributed by atoms with Crippen molar-refractivity contribution in [1.29, 1.82) is 0 Å². The van der Waals surface area contributed by atoms with Gasteiger partial charge in [0.1, 0.15) is 10.5 Å². The molecule has 1 aromatic carbocycles. The summed E-state index contributed by atoms with van der Waals surface area (Å²) in [5.74, 6) is -0.723. The summed E-state index contributed by atoms with van der Waals surface area (Å²) in [6, 6.07) is 12.5. The van der Waals surface area contributed by atoms with Gasteiger partial charge in [-0.1, -0.05) is 41.9 Å². The summed E-state index contributed by atoms with van der Waals surface area (Å²) in [6.07, 6.45) is 1.57. The minimum absolute atomic E-state index is 0.0352. The molecule has 0 bridgehead atoms. The van der Waals surface area contributed by atoms with E-state index in [0.717, 1.165) is 15.8 Å². The molecule has 2 N–H and O–H groups in total. The third-order valence-corrected chi connectivity index (χ3v) is 5.60. The number of amides is 1. The fraction of sp³-hybridized carbons (Fsp3) is 0.150. The van der Waals surface area contributed by atoms with E-state index < -0.39 is 12.0 Å². The highest BCUT2D eigenvalue weighted by Gasteiger charge is 2.27. The standard InChI is InChI=1S/C20H16ClN3O4S/c1-27-20(26)16-17(28-10-22-16)13(7-11-5-3-2-4-6-11)23-18(25)14-8-12-9-15(21)29-19(12)24-14/h2-6,8-10,13,24H,7H2,1H3,(H,23,25)/t13-/m0/s1. The van der Waals surface area contributed by atoms with E-state index in [9.17, 15) is 9.59 Å². The molecule has 3 heterocycles. The Labute approximate surface area is 174 Å². The van der Waals surface area contributed by atoms with Crippen LogP contribution in [0.25, 0.3) is 10.2 Å². The van der Waals surface area contributed by atoms with E-state index in [4.69, 9.17) is 20.8 Å². The summed E-state index contributed by atoms with van der Waals surface area (Å²) in [6.45, 7) is 0. The number of carbonyl (C=O) groups is 2. The Kier molecular flexibility index (Phi) is 5.37. The van der Waals surface area contributed by atoms with Crippen molar-refractivity contribution in [3.8, 4) is 0 Å². The first kappa shape index (κ1) is 19.2. The van der Waals surface area contributed by atoms with Gasteiger partial charge in [-0.3, -0.25) is 4.79 Å². The Morgan fingerprint density at radius 3 is 2.83 bits per heavy atom. The molecule has 3 aromatic heterocycles. The summed E-state index contributed by atoms with van der Waals surface area (Å²) >= 11 is 7.35. The predicted molar refractivity (Wildman–Crippen MR) is 109 cm³/mol. The number of halogens is 1. The number of nitrogens with one attached hydrogen (secondary N) is 2. The van der Waals surface area contributed by atoms with Gasteiger partial charge in [0.25, 0.3) is 5.91 Å². The maximum Gasteiger partial charge on any atom is 0.360 e. The molecule has 0 saturated carbocycles. The van der Waals surface area contributed by atoms with Crippen molar-refractivity contribution in [3.63, 3.8) is 0 Å². The molecular formula is C20H16ClN3O4S. The van der Waals surface area contributed by atoms with E-state index >= 15 is 0 Å². The zero-order chi connectivity index (χ0) is 20.4. The van der Waals surface area contributed by atoms with Gasteiger partial charge >= 0.3 is 5.97 Å². The van der Waals surface area contributed by atoms with Gasteiger partial charge in [0, 0.05) is 11.8 Å². The number of ether oxygens (including phenoxy) is 1. The Bertz CT molecular complexity index is 1130. The van der Waals surface area contributed by atoms with E-state index in [2.05, 4.69) is 15.3 Å². The Morgan fingerprint density at radius 1 is 1.31 bits per heavy atom. The highest BCUT2D eigenvalue weighted by atomic mass is 35.5. The smallest absolute Gasteiger partial charge is 0.360 e. The minimum atomic E-state index is -0.629. The van der Waals surface area contributed by atoms with Crippen molar-refractivity contribution < 1.29 is 18.7 Å². The summed E-state index contributed by atoms with van der Waals surface area (Å²) in [5.41, 5.74) is 1.39. The molecule has 0 aliphatic rings. The van der Waals surface area contributed by atoms with Gasteiger partial charge in [-0.15, -0.1) is 11.3 Å². The first-order valence-corrected chi connectivity index (χ1v) is 9.89. The number of H-pyrrole nitrogens is 1. The second kappa shape index (κ2) is 8.10. The van der Waals surface area contributed by atoms with E-state index in [0.29, 0.717) is 16.5 Å². The molecule has 4 aromatic rings. The number of hydrogen-bond acceptors (Lipinski definition) is 6. The van der Waals surface area contributed by atoms with Crippen LogP contribution in [-0.2, 0) is 11.2 Å². The number of fused-ring (bicyclic) bond motifs is 1. The quantitative estimate of drug-likeness (QED) is 0.443. The molecular weight excluding hydrogens is 414 g/mol. The normalized spacial score (nSPS) is 12.1. The second-order valence-electron chi connectivity index (χ2n) is 6.29. The number of thiophene rings is 1. The Balaban J connectivity index is 1.64. The lowest BCUT2D eigenvalue weighted by molar-refractivity contribution is 0.0589. The first-order chi connectivity index (χ1) is 14.0. The summed E-state index contributed by atoms with van der Waals surface area (Å²) in [7, 11) is 1.27. The maximum absolute atomic E-state index is 12.9. The molecule has 7 nitrogen and oxygen atoms in total. The first-order valence-electron chi connectivity index (χ1n) is 8.69. The Hall–Kier alpha value is -3.10. The molecule has 1 amide bonds. The number of carbonyl (C=O) groups excluding carboxylic acids is 2. The van der Waals surface area contributed by atoms with Gasteiger partial charge in [0.2, 0.25) is 0 Å². The van der Waals surface area contributed by atoms with Crippen LogP contribution in [0, 0.1) is 0 Å². The van der Waals surface area contributed by atoms with Crippen molar-refractivity contribution >= 4 is 45.0 Å². The molecule has 0 spiro atoms. The van der Waals surface area contributed by atoms with Crippen LogP contribution < -0.4 is 5.32 Å². The number of rotatable bonds is 6. The average molecular weight is 430 g/mol. The molecule has 148 valence electrons. The van der Waals surface area contributed by atoms with Gasteiger partial charge in [0.05, 0.1) is 17.5 Å². The van der Waals surface area contributed by atoms with Crippen LogP contribution in [0.3, 0.4) is 0 Å². The maximum atomic E-state index is 12.9. The molecule has 0 fully saturated rings. The largest absolute Gasteiger partial charge is 0.464 e. The highest BCUT2D eigenvalue weighted by Crippen LogP contribution is 2.30. The zero-order valence-electron chi connectivity index (χ0n) is 15.3. The lowest BCUT2D eigenvalue weighted by atomic mass is 10.0. The summed E-state index contributed by atoms with van der Waals surface area (Å²) in [5, 5.41) is 3.79. The number of nitrogens with zero attached hydrogens (tertiary/aromatic N) is 1. The van der Waals surface area contributed by atoms with Crippen molar-refractivity contribution in [2.45, 2.75) is 12.5 Å². The topological polar surface area (TPSA) is 97.2 Å². The Morgan fingerprint density at radius 2 is 2.10 bits per heavy atom. The lowest BCUT2D eigenvalue weighted by Gasteiger charge is -2.17. The fourth-order valence-electron chi connectivity index (χ4n) is 3.06. The van der Waals surface area contributed by atoms with Crippen LogP contribution in [0.15, 0.2) is 53.3 Å². The third kappa shape index (κ3) is 4.03. The molecule has 29 heavy (non-hydrogen) atoms. The molecule has 9 heteroatoms. The van der Waals surface area contributed by atoms with E-state index in [1.807, 2.05) is 30.3 Å². The highest BCUT2D eigenvalue weighted by molar-refractivity contribution is 7.22. The number of aromatic nitrogens is 2. The van der Waals surface area contributed by atoms with Crippen LogP contribution in [-0.4, -0.2) is 29.0 Å². The van der Waals surface area contributed by atoms with Crippen molar-refractivity contribution in [3.05, 3.63) is 75.9 Å². The third-order valence-electron chi connectivity index (χ3n) is 4.40. The molecule has 0 aliphatic heterocycles. The number of esters is 1. The van der Waals surface area contributed by atoms with Crippen LogP contribution in [0.1, 0.15) is 38.3 Å². The monoisotopic (exact) mass is 429 g/mol. The van der Waals surface area contributed by atoms with Crippen LogP contribution in [0.4, 0.5) is 0 Å². The van der Waals surface area contributed by atoms with Gasteiger partial charge < -0.3 is 19.5 Å². The zero-order valence-corrected chi connectivity index (χ0v) is 16.8. The van der Waals surface area contributed by atoms with E-state index in [1.54, 1.807) is 12.1 Å². The van der Waals surface area contributed by atoms with Crippen LogP contribution in [0.5, 0.6) is 0 Å². The van der Waals surface area contributed by atoms with E-state index in [1.165, 1.54) is 24.8 Å². The SMILES string of the molecule is COC(=O)c1ncoc1[C@H](Cc1ccccc1)NC(=O)c1cc2cc(Cl)sc2[nH]1. The van der Waals surface area contributed by atoms with Crippen molar-refractivity contribution in [2.75, 3.05) is 7.11 Å². The van der Waals surface area contributed by atoms with Crippen LogP contribution in [0.2, 0.25) is 4.34 Å². The number of benzene rings is 1. The summed E-state index contributed by atoms with van der Waals surface area (Å²) < 4.78 is 10.9. The van der Waals surface area contributed by atoms with Crippen molar-refractivity contribution in [2.24, 2.45) is 0 Å². The number of hydrogen-bond donors (Lipinski definition) is 2. The fourth-order valence-corrected chi connectivity index (χ4v) is 4.19. The van der Waals surface area contributed by atoms with Gasteiger partial charge in [0.15, 0.2) is 17.8 Å². The average Bonchev–Trinajstić information content (AvgIpc) is 3.42. The minimum Gasteiger partial charge on any atom is -0.464 e. The molecule has 0 saturated heterocycles. The summed E-state index contributed by atoms with van der Waals surface area (Å²) in [4.78, 5) is 32.8. The van der Waals surface area contributed by atoms with Gasteiger partial charge in [-0.05, 0) is 17.7 Å². The number of oxazole rings is 1. The molecule has 0 unspecified atom stereocenters. The molecule has 0 aliphatic carbocycles. The molecule has 4 rings (SSSR count). The molecule has 0 radical (unpaired) electrons. The second-order valence-corrected chi connectivity index (χ2v) is 7.97. The van der Waals surface area contributed by atoms with Crippen LogP contribution >= 0.6 is 22.9 Å². The molecule has 1 atom stereocenters. The van der Waals surface area contributed by atoms with Crippen molar-refractivity contribution in [1.82, 2.24) is 15.3 Å². The number of aromatic amines is 1. The number of methoxy groups -OCH3 is 1. The predicted octanol–water partition coefficient (Wildman–Crippen LogP) is 4.37. The van der Waals surface area contributed by atoms with Gasteiger partial charge in [-0.2, -0.15) is 0 Å². The van der Waals surface area contributed by atoms with Gasteiger partial charge in [-0.25, -0.2) is 9.78 Å². The van der Waals surface area contributed by atoms with E-state index in [-0.39, 0.29) is 17.4 Å². The lowest BCUT2D eigenvalue weighted by Crippen LogP contribution is -2.31.